The molecule has 0 aliphatic heterocycles. The van der Waals surface area contributed by atoms with E-state index < -0.39 is 0 Å². The van der Waals surface area contributed by atoms with Crippen molar-refractivity contribution in [2.75, 3.05) is 0 Å². The minimum atomic E-state index is 0.631. The number of ether oxygens (including phenoxy) is 1. The Morgan fingerprint density at radius 2 is 1.46 bits per heavy atom. The summed E-state index contributed by atoms with van der Waals surface area (Å²) in [5.74, 6) is 0. The number of rotatable bonds is 4. The first-order chi connectivity index (χ1) is 6.45. The van der Waals surface area contributed by atoms with E-state index in [0.717, 1.165) is 11.4 Å². The van der Waals surface area contributed by atoms with Crippen LogP contribution >= 0.6 is 0 Å². The van der Waals surface area contributed by atoms with E-state index in [1.807, 2.05) is 36.7 Å². The monoisotopic (exact) mass is 176 g/mol. The Balaban J connectivity index is 1.76. The first-order valence-electron chi connectivity index (χ1n) is 4.27. The highest BCUT2D eigenvalue weighted by Gasteiger charge is 1.94. The van der Waals surface area contributed by atoms with Crippen molar-refractivity contribution in [1.29, 1.82) is 0 Å². The standard InChI is InChI=1S/C10H12N2O/c1-3-9(11-5-1)7-13-8-10-4-2-6-12-10/h1-6,11-12H,7-8H2. The molecular formula is C10H12N2O. The van der Waals surface area contributed by atoms with Gasteiger partial charge >= 0.3 is 0 Å². The maximum atomic E-state index is 5.46. The zero-order valence-electron chi connectivity index (χ0n) is 7.29. The van der Waals surface area contributed by atoms with E-state index in [1.165, 1.54) is 0 Å². The minimum Gasteiger partial charge on any atom is -0.369 e. The molecule has 2 N–H and O–H groups in total. The smallest absolute Gasteiger partial charge is 0.0871 e. The average Bonchev–Trinajstić information content (AvgIpc) is 2.75. The molecule has 0 fully saturated rings. The summed E-state index contributed by atoms with van der Waals surface area (Å²) in [6.45, 7) is 1.26. The van der Waals surface area contributed by atoms with E-state index in [9.17, 15) is 0 Å². The number of H-pyrrole nitrogens is 2. The second-order valence-corrected chi connectivity index (χ2v) is 2.88. The Hall–Kier alpha value is -1.48. The maximum Gasteiger partial charge on any atom is 0.0871 e. The SMILES string of the molecule is c1c[nH]c(COCc2ccc[nH]2)c1. The average molecular weight is 176 g/mol. The highest BCUT2D eigenvalue weighted by Crippen LogP contribution is 2.01. The van der Waals surface area contributed by atoms with Gasteiger partial charge in [0.15, 0.2) is 0 Å². The van der Waals surface area contributed by atoms with Crippen molar-refractivity contribution in [2.24, 2.45) is 0 Å². The lowest BCUT2D eigenvalue weighted by molar-refractivity contribution is 0.103. The van der Waals surface area contributed by atoms with Crippen molar-refractivity contribution in [3.05, 3.63) is 48.0 Å². The largest absolute Gasteiger partial charge is 0.369 e. The molecule has 3 heteroatoms. The summed E-state index contributed by atoms with van der Waals surface area (Å²) in [5, 5.41) is 0. The molecule has 68 valence electrons. The molecular weight excluding hydrogens is 164 g/mol. The summed E-state index contributed by atoms with van der Waals surface area (Å²) in [7, 11) is 0. The summed E-state index contributed by atoms with van der Waals surface area (Å²) in [4.78, 5) is 6.16. The maximum absolute atomic E-state index is 5.46. The normalized spacial score (nSPS) is 10.5. The Bertz CT molecular complexity index is 289. The van der Waals surface area contributed by atoms with Crippen LogP contribution in [0.15, 0.2) is 36.7 Å². The molecule has 2 heterocycles. The fraction of sp³-hybridized carbons (Fsp3) is 0.200. The summed E-state index contributed by atoms with van der Waals surface area (Å²) < 4.78 is 5.46. The second-order valence-electron chi connectivity index (χ2n) is 2.88. The number of hydrogen-bond acceptors (Lipinski definition) is 1. The van der Waals surface area contributed by atoms with Gasteiger partial charge in [-0.1, -0.05) is 0 Å². The topological polar surface area (TPSA) is 40.8 Å². The van der Waals surface area contributed by atoms with Gasteiger partial charge in [0.05, 0.1) is 13.2 Å². The molecule has 0 saturated carbocycles. The van der Waals surface area contributed by atoms with E-state index in [2.05, 4.69) is 9.97 Å². The lowest BCUT2D eigenvalue weighted by Crippen LogP contribution is -1.94. The molecule has 0 atom stereocenters. The van der Waals surface area contributed by atoms with Gasteiger partial charge < -0.3 is 14.7 Å². The molecule has 0 bridgehead atoms. The molecule has 0 spiro atoms. The van der Waals surface area contributed by atoms with Crippen LogP contribution in [0.3, 0.4) is 0 Å². The van der Waals surface area contributed by atoms with E-state index in [4.69, 9.17) is 4.74 Å². The molecule has 0 amide bonds. The predicted molar refractivity (Wildman–Crippen MR) is 50.1 cm³/mol. The van der Waals surface area contributed by atoms with Crippen LogP contribution in [0, 0.1) is 0 Å². The van der Waals surface area contributed by atoms with Gasteiger partial charge in [0.2, 0.25) is 0 Å². The molecule has 2 rings (SSSR count). The summed E-state index contributed by atoms with van der Waals surface area (Å²) in [6, 6.07) is 7.95. The molecule has 2 aromatic heterocycles. The number of nitrogens with one attached hydrogen (secondary N) is 2. The molecule has 0 aliphatic carbocycles. The molecule has 13 heavy (non-hydrogen) atoms. The van der Waals surface area contributed by atoms with Crippen molar-refractivity contribution in [2.45, 2.75) is 13.2 Å². The van der Waals surface area contributed by atoms with Crippen LogP contribution in [0.25, 0.3) is 0 Å². The zero-order valence-corrected chi connectivity index (χ0v) is 7.29. The summed E-state index contributed by atoms with van der Waals surface area (Å²) >= 11 is 0. The Morgan fingerprint density at radius 3 is 1.85 bits per heavy atom. The van der Waals surface area contributed by atoms with E-state index in [0.29, 0.717) is 13.2 Å². The highest BCUT2D eigenvalue weighted by molar-refractivity contribution is 5.03. The van der Waals surface area contributed by atoms with Gasteiger partial charge in [-0.2, -0.15) is 0 Å². The van der Waals surface area contributed by atoms with Crippen LogP contribution in [0.1, 0.15) is 11.4 Å². The number of hydrogen-bond donors (Lipinski definition) is 2. The quantitative estimate of drug-likeness (QED) is 0.735. The van der Waals surface area contributed by atoms with Crippen molar-refractivity contribution < 1.29 is 4.74 Å². The van der Waals surface area contributed by atoms with Crippen molar-refractivity contribution in [3.63, 3.8) is 0 Å². The lowest BCUT2D eigenvalue weighted by Gasteiger charge is -2.00. The third-order valence-corrected chi connectivity index (χ3v) is 1.84. The van der Waals surface area contributed by atoms with Crippen molar-refractivity contribution >= 4 is 0 Å². The zero-order chi connectivity index (χ0) is 8.93. The number of aromatic nitrogens is 2. The van der Waals surface area contributed by atoms with Gasteiger partial charge in [0.1, 0.15) is 0 Å². The molecule has 2 aromatic rings. The predicted octanol–water partition coefficient (Wildman–Crippen LogP) is 2.06. The summed E-state index contributed by atoms with van der Waals surface area (Å²) in [6.07, 6.45) is 3.79. The highest BCUT2D eigenvalue weighted by atomic mass is 16.5. The van der Waals surface area contributed by atoms with E-state index in [-0.39, 0.29) is 0 Å². The number of aromatic amines is 2. The first kappa shape index (κ1) is 8.13. The van der Waals surface area contributed by atoms with Crippen molar-refractivity contribution in [3.8, 4) is 0 Å². The molecule has 0 unspecified atom stereocenters. The van der Waals surface area contributed by atoms with Gasteiger partial charge in [0.25, 0.3) is 0 Å². The lowest BCUT2D eigenvalue weighted by atomic mass is 10.4. The van der Waals surface area contributed by atoms with Gasteiger partial charge in [-0.15, -0.1) is 0 Å². The third kappa shape index (κ3) is 2.23. The second kappa shape index (κ2) is 3.96. The van der Waals surface area contributed by atoms with Gasteiger partial charge in [-0.25, -0.2) is 0 Å². The van der Waals surface area contributed by atoms with Gasteiger partial charge in [0, 0.05) is 23.8 Å². The molecule has 0 aromatic carbocycles. The molecule has 0 aliphatic rings. The van der Waals surface area contributed by atoms with Crippen LogP contribution in [0.4, 0.5) is 0 Å². The Labute approximate surface area is 76.8 Å². The van der Waals surface area contributed by atoms with Crippen LogP contribution in [-0.4, -0.2) is 9.97 Å². The Morgan fingerprint density at radius 1 is 0.923 bits per heavy atom. The first-order valence-corrected chi connectivity index (χ1v) is 4.27. The summed E-state index contributed by atoms with van der Waals surface area (Å²) in [5.41, 5.74) is 2.21. The molecule has 0 saturated heterocycles. The Kier molecular flexibility index (Phi) is 2.48. The van der Waals surface area contributed by atoms with Crippen LogP contribution < -0.4 is 0 Å². The van der Waals surface area contributed by atoms with Crippen molar-refractivity contribution in [1.82, 2.24) is 9.97 Å². The van der Waals surface area contributed by atoms with Crippen LogP contribution in [0.5, 0.6) is 0 Å². The van der Waals surface area contributed by atoms with Crippen LogP contribution in [0.2, 0.25) is 0 Å². The molecule has 3 nitrogen and oxygen atoms in total. The third-order valence-electron chi connectivity index (χ3n) is 1.84. The van der Waals surface area contributed by atoms with E-state index >= 15 is 0 Å². The van der Waals surface area contributed by atoms with Crippen LogP contribution in [-0.2, 0) is 18.0 Å². The fourth-order valence-corrected chi connectivity index (χ4v) is 1.19. The van der Waals surface area contributed by atoms with E-state index in [1.54, 1.807) is 0 Å². The fourth-order valence-electron chi connectivity index (χ4n) is 1.19. The molecule has 0 radical (unpaired) electrons. The minimum absolute atomic E-state index is 0.631. The van der Waals surface area contributed by atoms with Gasteiger partial charge in [-0.05, 0) is 24.3 Å². The van der Waals surface area contributed by atoms with Gasteiger partial charge in [-0.3, -0.25) is 0 Å².